The molecule has 0 unspecified atom stereocenters. The van der Waals surface area contributed by atoms with Crippen LogP contribution in [0.1, 0.15) is 0 Å². The largest absolute Gasteiger partial charge is 0.383 e. The van der Waals surface area contributed by atoms with Crippen LogP contribution in [0, 0.1) is 0 Å². The maximum Gasteiger partial charge on any atom is 0.139 e. The fourth-order valence-electron chi connectivity index (χ4n) is 2.51. The second-order valence-electron chi connectivity index (χ2n) is 4.66. The second kappa shape index (κ2) is 4.06. The first kappa shape index (κ1) is 11.0. The molecule has 0 fully saturated rings. The van der Waals surface area contributed by atoms with Crippen molar-refractivity contribution >= 4 is 22.4 Å². The molecule has 0 spiro atoms. The van der Waals surface area contributed by atoms with Crippen LogP contribution >= 0.6 is 0 Å². The summed E-state index contributed by atoms with van der Waals surface area (Å²) < 4.78 is 1.89. The first-order valence-corrected chi connectivity index (χ1v) is 6.41. The minimum Gasteiger partial charge on any atom is -0.383 e. The number of para-hydroxylation sites is 1. The molecule has 4 rings (SSSR count). The number of nitrogens with zero attached hydrogens (tertiary/aromatic N) is 3. The summed E-state index contributed by atoms with van der Waals surface area (Å²) in [5.41, 5.74) is 9.74. The fourth-order valence-corrected chi connectivity index (χ4v) is 2.51. The highest BCUT2D eigenvalue weighted by molar-refractivity contribution is 5.95. The van der Waals surface area contributed by atoms with Crippen molar-refractivity contribution in [2.45, 2.75) is 0 Å². The summed E-state index contributed by atoms with van der Waals surface area (Å²) in [5.74, 6) is 0.638. The second-order valence-corrected chi connectivity index (χ2v) is 4.66. The van der Waals surface area contributed by atoms with Crippen molar-refractivity contribution in [2.24, 2.45) is 0 Å². The Bertz CT molecular complexity index is 919. The monoisotopic (exact) mass is 260 g/mol. The lowest BCUT2D eigenvalue weighted by atomic mass is 10.1. The summed E-state index contributed by atoms with van der Waals surface area (Å²) >= 11 is 0. The number of anilines is 1. The first-order valence-electron chi connectivity index (χ1n) is 6.41. The van der Waals surface area contributed by atoms with E-state index in [0.29, 0.717) is 5.82 Å². The molecule has 4 heteroatoms. The molecular weight excluding hydrogens is 248 g/mol. The van der Waals surface area contributed by atoms with Gasteiger partial charge in [-0.1, -0.05) is 30.3 Å². The third-order valence-corrected chi connectivity index (χ3v) is 3.45. The highest BCUT2D eigenvalue weighted by Gasteiger charge is 2.13. The Kier molecular flexibility index (Phi) is 2.23. The molecule has 0 aliphatic heterocycles. The van der Waals surface area contributed by atoms with E-state index in [1.54, 1.807) is 6.20 Å². The van der Waals surface area contributed by atoms with E-state index in [2.05, 4.69) is 9.97 Å². The van der Waals surface area contributed by atoms with Crippen LogP contribution in [-0.2, 0) is 0 Å². The molecule has 0 saturated heterocycles. The SMILES string of the molecule is Nc1c(-c2cccc3cccnc23)nc2ccccn12. The number of fused-ring (bicyclic) bond motifs is 2. The van der Waals surface area contributed by atoms with Crippen LogP contribution in [0.4, 0.5) is 5.82 Å². The maximum atomic E-state index is 6.23. The number of imidazole rings is 1. The number of nitrogen functional groups attached to an aromatic ring is 1. The maximum absolute atomic E-state index is 6.23. The Hall–Kier alpha value is -2.88. The van der Waals surface area contributed by atoms with E-state index in [-0.39, 0.29) is 0 Å². The van der Waals surface area contributed by atoms with Gasteiger partial charge in [0.15, 0.2) is 0 Å². The molecule has 4 nitrogen and oxygen atoms in total. The van der Waals surface area contributed by atoms with Crippen molar-refractivity contribution in [3.63, 3.8) is 0 Å². The number of nitrogens with two attached hydrogens (primary N) is 1. The number of pyridine rings is 2. The Morgan fingerprint density at radius 3 is 2.75 bits per heavy atom. The topological polar surface area (TPSA) is 56.2 Å². The molecule has 0 bridgehead atoms. The van der Waals surface area contributed by atoms with E-state index in [1.165, 1.54) is 0 Å². The average Bonchev–Trinajstić information content (AvgIpc) is 2.84. The summed E-state index contributed by atoms with van der Waals surface area (Å²) in [6.07, 6.45) is 3.71. The van der Waals surface area contributed by atoms with Gasteiger partial charge in [0.2, 0.25) is 0 Å². The van der Waals surface area contributed by atoms with E-state index in [1.807, 2.05) is 59.1 Å². The van der Waals surface area contributed by atoms with Gasteiger partial charge in [-0.2, -0.15) is 0 Å². The lowest BCUT2D eigenvalue weighted by Crippen LogP contribution is -1.94. The first-order chi connectivity index (χ1) is 9.84. The predicted molar refractivity (Wildman–Crippen MR) is 80.3 cm³/mol. The van der Waals surface area contributed by atoms with Gasteiger partial charge in [0.25, 0.3) is 0 Å². The Labute approximate surface area is 115 Å². The Balaban J connectivity index is 2.09. The standard InChI is InChI=1S/C16H12N4/c17-16-15(19-13-8-1-2-10-20(13)16)12-7-3-5-11-6-4-9-18-14(11)12/h1-10H,17H2. The predicted octanol–water partition coefficient (Wildman–Crippen LogP) is 3.13. The molecule has 0 saturated carbocycles. The molecule has 1 aromatic carbocycles. The van der Waals surface area contributed by atoms with Crippen molar-refractivity contribution in [3.05, 3.63) is 60.9 Å². The number of hydrogen-bond donors (Lipinski definition) is 1. The summed E-state index contributed by atoms with van der Waals surface area (Å²) in [7, 11) is 0. The zero-order valence-electron chi connectivity index (χ0n) is 10.7. The molecule has 0 amide bonds. The van der Waals surface area contributed by atoms with Crippen molar-refractivity contribution in [3.8, 4) is 11.3 Å². The smallest absolute Gasteiger partial charge is 0.139 e. The molecule has 0 aliphatic rings. The van der Waals surface area contributed by atoms with E-state index in [0.717, 1.165) is 27.8 Å². The lowest BCUT2D eigenvalue weighted by Gasteiger charge is -2.03. The molecule has 20 heavy (non-hydrogen) atoms. The van der Waals surface area contributed by atoms with Gasteiger partial charge in [-0.05, 0) is 18.2 Å². The summed E-state index contributed by atoms with van der Waals surface area (Å²) in [5, 5.41) is 1.08. The Morgan fingerprint density at radius 2 is 1.85 bits per heavy atom. The highest BCUT2D eigenvalue weighted by Crippen LogP contribution is 2.31. The zero-order chi connectivity index (χ0) is 13.5. The van der Waals surface area contributed by atoms with Gasteiger partial charge >= 0.3 is 0 Å². The summed E-state index contributed by atoms with van der Waals surface area (Å²) in [6, 6.07) is 15.9. The lowest BCUT2D eigenvalue weighted by molar-refractivity contribution is 1.20. The number of aromatic nitrogens is 3. The number of rotatable bonds is 1. The molecule has 0 aliphatic carbocycles. The molecule has 3 heterocycles. The molecule has 2 N–H and O–H groups in total. The van der Waals surface area contributed by atoms with Crippen molar-refractivity contribution in [2.75, 3.05) is 5.73 Å². The van der Waals surface area contributed by atoms with Gasteiger partial charge in [-0.25, -0.2) is 4.98 Å². The summed E-state index contributed by atoms with van der Waals surface area (Å²) in [4.78, 5) is 9.09. The normalized spacial score (nSPS) is 11.2. The van der Waals surface area contributed by atoms with Gasteiger partial charge in [-0.3, -0.25) is 9.38 Å². The zero-order valence-corrected chi connectivity index (χ0v) is 10.7. The Morgan fingerprint density at radius 1 is 0.950 bits per heavy atom. The van der Waals surface area contributed by atoms with Crippen LogP contribution in [0.2, 0.25) is 0 Å². The van der Waals surface area contributed by atoms with Gasteiger partial charge < -0.3 is 5.73 Å². The molecule has 4 aromatic rings. The summed E-state index contributed by atoms with van der Waals surface area (Å²) in [6.45, 7) is 0. The molecule has 3 aromatic heterocycles. The molecule has 96 valence electrons. The van der Waals surface area contributed by atoms with E-state index < -0.39 is 0 Å². The van der Waals surface area contributed by atoms with Crippen LogP contribution in [0.5, 0.6) is 0 Å². The van der Waals surface area contributed by atoms with Crippen LogP contribution in [0.3, 0.4) is 0 Å². The minimum absolute atomic E-state index is 0.638. The number of benzene rings is 1. The quantitative estimate of drug-likeness (QED) is 0.572. The van der Waals surface area contributed by atoms with Crippen LogP contribution in [0.25, 0.3) is 27.8 Å². The third-order valence-electron chi connectivity index (χ3n) is 3.45. The van der Waals surface area contributed by atoms with Gasteiger partial charge in [0.1, 0.15) is 17.2 Å². The van der Waals surface area contributed by atoms with Gasteiger partial charge in [-0.15, -0.1) is 0 Å². The van der Waals surface area contributed by atoms with Crippen LogP contribution < -0.4 is 5.73 Å². The average molecular weight is 260 g/mol. The number of hydrogen-bond acceptors (Lipinski definition) is 3. The van der Waals surface area contributed by atoms with Crippen molar-refractivity contribution in [1.82, 2.24) is 14.4 Å². The third kappa shape index (κ3) is 1.48. The van der Waals surface area contributed by atoms with Crippen molar-refractivity contribution < 1.29 is 0 Å². The minimum atomic E-state index is 0.638. The van der Waals surface area contributed by atoms with Crippen LogP contribution in [-0.4, -0.2) is 14.4 Å². The van der Waals surface area contributed by atoms with Crippen LogP contribution in [0.15, 0.2) is 60.9 Å². The van der Waals surface area contributed by atoms with E-state index in [9.17, 15) is 0 Å². The van der Waals surface area contributed by atoms with E-state index >= 15 is 0 Å². The van der Waals surface area contributed by atoms with Crippen molar-refractivity contribution in [1.29, 1.82) is 0 Å². The molecule has 0 atom stereocenters. The highest BCUT2D eigenvalue weighted by atomic mass is 15.1. The molecular formula is C16H12N4. The van der Waals surface area contributed by atoms with Gasteiger partial charge in [0.05, 0.1) is 5.52 Å². The van der Waals surface area contributed by atoms with E-state index in [4.69, 9.17) is 5.73 Å². The molecule has 0 radical (unpaired) electrons. The van der Waals surface area contributed by atoms with Gasteiger partial charge in [0, 0.05) is 23.3 Å². The fraction of sp³-hybridized carbons (Fsp3) is 0.